The second kappa shape index (κ2) is 3.79. The van der Waals surface area contributed by atoms with E-state index in [9.17, 15) is 0 Å². The second-order valence-electron chi connectivity index (χ2n) is 3.49. The van der Waals surface area contributed by atoms with Gasteiger partial charge in [-0.1, -0.05) is 17.7 Å². The fourth-order valence-electron chi connectivity index (χ4n) is 1.60. The van der Waals surface area contributed by atoms with Crippen molar-refractivity contribution in [2.45, 2.75) is 26.8 Å². The Bertz CT molecular complexity index is 305. The molecule has 0 saturated heterocycles. The van der Waals surface area contributed by atoms with E-state index in [-0.39, 0.29) is 6.04 Å². The average molecular weight is 179 g/mol. The van der Waals surface area contributed by atoms with E-state index in [1.807, 2.05) is 13.8 Å². The van der Waals surface area contributed by atoms with E-state index in [4.69, 9.17) is 10.5 Å². The summed E-state index contributed by atoms with van der Waals surface area (Å²) in [6.07, 6.45) is 0. The van der Waals surface area contributed by atoms with Crippen molar-refractivity contribution in [2.24, 2.45) is 5.73 Å². The first kappa shape index (κ1) is 10.1. The minimum absolute atomic E-state index is 0.0218. The Morgan fingerprint density at radius 2 is 1.92 bits per heavy atom. The Labute approximate surface area is 79.7 Å². The summed E-state index contributed by atoms with van der Waals surface area (Å²) in [4.78, 5) is 0. The average Bonchev–Trinajstić information content (AvgIpc) is 2.02. The Hall–Kier alpha value is -1.02. The Morgan fingerprint density at radius 1 is 1.31 bits per heavy atom. The van der Waals surface area contributed by atoms with Crippen LogP contribution in [0.15, 0.2) is 12.1 Å². The Kier molecular flexibility index (Phi) is 2.94. The molecule has 1 atom stereocenters. The van der Waals surface area contributed by atoms with E-state index in [1.54, 1.807) is 7.11 Å². The molecule has 0 bridgehead atoms. The van der Waals surface area contributed by atoms with Crippen LogP contribution in [-0.4, -0.2) is 7.11 Å². The van der Waals surface area contributed by atoms with Gasteiger partial charge in [0.2, 0.25) is 0 Å². The van der Waals surface area contributed by atoms with Crippen molar-refractivity contribution >= 4 is 0 Å². The van der Waals surface area contributed by atoms with E-state index in [0.717, 1.165) is 16.9 Å². The van der Waals surface area contributed by atoms with Crippen LogP contribution in [0.1, 0.15) is 29.7 Å². The molecule has 2 nitrogen and oxygen atoms in total. The van der Waals surface area contributed by atoms with Gasteiger partial charge in [-0.05, 0) is 26.3 Å². The zero-order valence-electron chi connectivity index (χ0n) is 8.72. The molecule has 0 fully saturated rings. The standard InChI is InChI=1S/C11H17NO/c1-7-5-8(2)11(13-4)10(6-7)9(3)12/h5-6,9H,12H2,1-4H3. The van der Waals surface area contributed by atoms with E-state index < -0.39 is 0 Å². The third-order valence-corrected chi connectivity index (χ3v) is 2.14. The molecule has 0 aromatic heterocycles. The lowest BCUT2D eigenvalue weighted by molar-refractivity contribution is 0.403. The highest BCUT2D eigenvalue weighted by Gasteiger charge is 2.10. The number of aryl methyl sites for hydroxylation is 2. The molecule has 0 aliphatic heterocycles. The van der Waals surface area contributed by atoms with Crippen molar-refractivity contribution in [1.82, 2.24) is 0 Å². The van der Waals surface area contributed by atoms with Crippen molar-refractivity contribution in [1.29, 1.82) is 0 Å². The molecule has 0 heterocycles. The van der Waals surface area contributed by atoms with Gasteiger partial charge in [-0.25, -0.2) is 0 Å². The number of benzene rings is 1. The third kappa shape index (κ3) is 2.01. The van der Waals surface area contributed by atoms with E-state index in [0.29, 0.717) is 0 Å². The summed E-state index contributed by atoms with van der Waals surface area (Å²) in [5.41, 5.74) is 9.31. The topological polar surface area (TPSA) is 35.2 Å². The van der Waals surface area contributed by atoms with Gasteiger partial charge in [0.25, 0.3) is 0 Å². The molecule has 1 rings (SSSR count). The molecular formula is C11H17NO. The summed E-state index contributed by atoms with van der Waals surface area (Å²) >= 11 is 0. The molecular weight excluding hydrogens is 162 g/mol. The summed E-state index contributed by atoms with van der Waals surface area (Å²) in [6.45, 7) is 6.08. The maximum absolute atomic E-state index is 5.85. The number of methoxy groups -OCH3 is 1. The lowest BCUT2D eigenvalue weighted by atomic mass is 10.0. The van der Waals surface area contributed by atoms with Crippen molar-refractivity contribution in [3.8, 4) is 5.75 Å². The normalized spacial score (nSPS) is 12.7. The first-order valence-electron chi connectivity index (χ1n) is 4.47. The molecule has 0 saturated carbocycles. The van der Waals surface area contributed by atoms with Crippen LogP contribution in [0.4, 0.5) is 0 Å². The van der Waals surface area contributed by atoms with Gasteiger partial charge in [0.15, 0.2) is 0 Å². The van der Waals surface area contributed by atoms with Gasteiger partial charge in [-0.15, -0.1) is 0 Å². The van der Waals surface area contributed by atoms with Gasteiger partial charge < -0.3 is 10.5 Å². The molecule has 1 aromatic rings. The number of nitrogens with two attached hydrogens (primary N) is 1. The van der Waals surface area contributed by atoms with Crippen LogP contribution < -0.4 is 10.5 Å². The molecule has 72 valence electrons. The van der Waals surface area contributed by atoms with Crippen LogP contribution in [0.2, 0.25) is 0 Å². The van der Waals surface area contributed by atoms with Crippen molar-refractivity contribution < 1.29 is 4.74 Å². The quantitative estimate of drug-likeness (QED) is 0.756. The SMILES string of the molecule is COc1c(C)cc(C)cc1C(C)N. The summed E-state index contributed by atoms with van der Waals surface area (Å²) in [7, 11) is 1.68. The highest BCUT2D eigenvalue weighted by molar-refractivity contribution is 5.45. The predicted octanol–water partition coefficient (Wildman–Crippen LogP) is 2.33. The molecule has 13 heavy (non-hydrogen) atoms. The van der Waals surface area contributed by atoms with Crippen molar-refractivity contribution in [3.63, 3.8) is 0 Å². The summed E-state index contributed by atoms with van der Waals surface area (Å²) in [5.74, 6) is 0.917. The van der Waals surface area contributed by atoms with Crippen molar-refractivity contribution in [3.05, 3.63) is 28.8 Å². The fraction of sp³-hybridized carbons (Fsp3) is 0.455. The maximum atomic E-state index is 5.85. The number of rotatable bonds is 2. The maximum Gasteiger partial charge on any atom is 0.126 e. The van der Waals surface area contributed by atoms with Crippen LogP contribution in [-0.2, 0) is 0 Å². The molecule has 0 radical (unpaired) electrons. The lowest BCUT2D eigenvalue weighted by Gasteiger charge is -2.15. The van der Waals surface area contributed by atoms with E-state index in [1.165, 1.54) is 5.56 Å². The number of hydrogen-bond acceptors (Lipinski definition) is 2. The van der Waals surface area contributed by atoms with Crippen LogP contribution >= 0.6 is 0 Å². The van der Waals surface area contributed by atoms with Crippen molar-refractivity contribution in [2.75, 3.05) is 7.11 Å². The monoisotopic (exact) mass is 179 g/mol. The summed E-state index contributed by atoms with van der Waals surface area (Å²) in [6, 6.07) is 4.20. The summed E-state index contributed by atoms with van der Waals surface area (Å²) in [5, 5.41) is 0. The zero-order chi connectivity index (χ0) is 10.0. The molecule has 0 aliphatic rings. The fourth-order valence-corrected chi connectivity index (χ4v) is 1.60. The van der Waals surface area contributed by atoms with E-state index >= 15 is 0 Å². The highest BCUT2D eigenvalue weighted by Crippen LogP contribution is 2.28. The van der Waals surface area contributed by atoms with Crippen LogP contribution in [0.25, 0.3) is 0 Å². The van der Waals surface area contributed by atoms with Gasteiger partial charge in [-0.3, -0.25) is 0 Å². The molecule has 0 aliphatic carbocycles. The number of ether oxygens (including phenoxy) is 1. The minimum atomic E-state index is 0.0218. The van der Waals surface area contributed by atoms with Gasteiger partial charge in [0.1, 0.15) is 5.75 Å². The molecule has 1 aromatic carbocycles. The van der Waals surface area contributed by atoms with Gasteiger partial charge in [0, 0.05) is 11.6 Å². The van der Waals surface area contributed by atoms with Gasteiger partial charge in [0.05, 0.1) is 7.11 Å². The molecule has 2 heteroatoms. The Morgan fingerprint density at radius 3 is 2.38 bits per heavy atom. The molecule has 0 amide bonds. The molecule has 0 spiro atoms. The van der Waals surface area contributed by atoms with Crippen LogP contribution in [0.3, 0.4) is 0 Å². The first-order chi connectivity index (χ1) is 6.06. The smallest absolute Gasteiger partial charge is 0.126 e. The molecule has 2 N–H and O–H groups in total. The first-order valence-corrected chi connectivity index (χ1v) is 4.47. The third-order valence-electron chi connectivity index (χ3n) is 2.14. The zero-order valence-corrected chi connectivity index (χ0v) is 8.72. The van der Waals surface area contributed by atoms with E-state index in [2.05, 4.69) is 19.1 Å². The second-order valence-corrected chi connectivity index (χ2v) is 3.49. The largest absolute Gasteiger partial charge is 0.496 e. The lowest BCUT2D eigenvalue weighted by Crippen LogP contribution is -2.08. The predicted molar refractivity (Wildman–Crippen MR) is 55.1 cm³/mol. The van der Waals surface area contributed by atoms with Crippen LogP contribution in [0, 0.1) is 13.8 Å². The highest BCUT2D eigenvalue weighted by atomic mass is 16.5. The molecule has 1 unspecified atom stereocenters. The minimum Gasteiger partial charge on any atom is -0.496 e. The summed E-state index contributed by atoms with van der Waals surface area (Å²) < 4.78 is 5.31. The van der Waals surface area contributed by atoms with Gasteiger partial charge >= 0.3 is 0 Å². The number of hydrogen-bond donors (Lipinski definition) is 1. The van der Waals surface area contributed by atoms with Gasteiger partial charge in [-0.2, -0.15) is 0 Å². The Balaban J connectivity index is 3.29. The van der Waals surface area contributed by atoms with Crippen LogP contribution in [0.5, 0.6) is 5.75 Å².